The van der Waals surface area contributed by atoms with Crippen LogP contribution < -0.4 is 0 Å². The van der Waals surface area contributed by atoms with E-state index in [1.807, 2.05) is 0 Å². The van der Waals surface area contributed by atoms with Crippen LogP contribution in [0.3, 0.4) is 0 Å². The first-order chi connectivity index (χ1) is 20.7. The third-order valence-electron chi connectivity index (χ3n) is 9.02. The average molecular weight is 543 g/mol. The smallest absolute Gasteiger partial charge is 0.0542 e. The Kier molecular flexibility index (Phi) is 5.89. The molecule has 0 radical (unpaired) electrons. The largest absolute Gasteiger partial charge is 0.313 e. The maximum absolute atomic E-state index is 2.54. The lowest BCUT2D eigenvalue weighted by Gasteiger charge is -2.14. The topological polar surface area (TPSA) is 9.86 Å². The number of nitrogens with zero attached hydrogens (tertiary/aromatic N) is 2. The van der Waals surface area contributed by atoms with E-state index in [1.165, 1.54) is 90.4 Å². The zero-order valence-electron chi connectivity index (χ0n) is 24.3. The Hall–Kier alpha value is -4.82. The molecule has 0 bridgehead atoms. The van der Waals surface area contributed by atoms with Crippen molar-refractivity contribution in [2.45, 2.75) is 39.5 Å². The van der Waals surface area contributed by atoms with Gasteiger partial charge in [0, 0.05) is 38.8 Å². The second-order valence-electron chi connectivity index (χ2n) is 11.8. The summed E-state index contributed by atoms with van der Waals surface area (Å²) < 4.78 is 4.94. The monoisotopic (exact) mass is 542 g/mol. The maximum Gasteiger partial charge on any atom is 0.0542 e. The molecular formula is C40H34N2. The predicted octanol–water partition coefficient (Wildman–Crippen LogP) is 10.8. The second-order valence-corrected chi connectivity index (χ2v) is 11.8. The Bertz CT molecular complexity index is 2130. The van der Waals surface area contributed by atoms with Crippen LogP contribution in [0, 0.1) is 13.8 Å². The normalized spacial score (nSPS) is 13.5. The molecule has 2 nitrogen and oxygen atoms in total. The fourth-order valence-corrected chi connectivity index (χ4v) is 6.85. The molecule has 42 heavy (non-hydrogen) atoms. The molecule has 0 aliphatic heterocycles. The Morgan fingerprint density at radius 2 is 1.19 bits per heavy atom. The molecule has 2 heterocycles. The molecule has 0 atom stereocenters. The summed E-state index contributed by atoms with van der Waals surface area (Å²) in [5.41, 5.74) is 14.1. The van der Waals surface area contributed by atoms with E-state index in [0.29, 0.717) is 0 Å². The van der Waals surface area contributed by atoms with Crippen LogP contribution in [-0.2, 0) is 6.42 Å². The van der Waals surface area contributed by atoms with Crippen molar-refractivity contribution in [2.75, 3.05) is 0 Å². The molecule has 2 heteroatoms. The number of fused-ring (bicyclic) bond motifs is 6. The van der Waals surface area contributed by atoms with Crippen LogP contribution in [0.2, 0.25) is 0 Å². The Labute approximate surface area is 247 Å². The van der Waals surface area contributed by atoms with Gasteiger partial charge in [-0.15, -0.1) is 0 Å². The lowest BCUT2D eigenvalue weighted by Crippen LogP contribution is -2.02. The molecule has 7 aromatic rings. The summed E-state index contributed by atoms with van der Waals surface area (Å²) in [7, 11) is 0. The van der Waals surface area contributed by atoms with Crippen LogP contribution in [-0.4, -0.2) is 9.13 Å². The summed E-state index contributed by atoms with van der Waals surface area (Å²) in [6, 6.07) is 40.7. The summed E-state index contributed by atoms with van der Waals surface area (Å²) >= 11 is 0. The van der Waals surface area contributed by atoms with Crippen molar-refractivity contribution in [3.05, 3.63) is 138 Å². The van der Waals surface area contributed by atoms with Crippen molar-refractivity contribution >= 4 is 38.8 Å². The first kappa shape index (κ1) is 24.9. The first-order valence-electron chi connectivity index (χ1n) is 15.2. The third-order valence-corrected chi connectivity index (χ3v) is 9.02. The van der Waals surface area contributed by atoms with Crippen LogP contribution in [0.15, 0.2) is 115 Å². The summed E-state index contributed by atoms with van der Waals surface area (Å²) in [6.07, 6.45) is 9.42. The molecule has 1 aliphatic carbocycles. The first-order valence-corrected chi connectivity index (χ1v) is 15.2. The van der Waals surface area contributed by atoms with E-state index in [2.05, 4.69) is 144 Å². The number of aryl methyl sites for hydroxylation is 2. The van der Waals surface area contributed by atoms with Crippen LogP contribution >= 0.6 is 0 Å². The standard InChI is InChI=1S/C40H34N2/c1-27-13-17-29(18-14-27)30-19-23-39-35(25-30)33-9-5-3-4-6-11-38(33)42(39)32-22-24-40-36(26-32)34-10-7-8-12-37(34)41(40)31-20-15-28(2)16-21-31/h5,7-10,12-26H,3-4,6,11H2,1-2H3. The van der Waals surface area contributed by atoms with Gasteiger partial charge in [0.05, 0.1) is 16.6 Å². The minimum atomic E-state index is 1.08. The van der Waals surface area contributed by atoms with E-state index in [0.717, 1.165) is 12.8 Å². The highest BCUT2D eigenvalue weighted by Gasteiger charge is 2.20. The molecule has 0 amide bonds. The minimum absolute atomic E-state index is 1.08. The van der Waals surface area contributed by atoms with Gasteiger partial charge in [0.1, 0.15) is 0 Å². The van der Waals surface area contributed by atoms with Crippen molar-refractivity contribution in [3.8, 4) is 22.5 Å². The van der Waals surface area contributed by atoms with E-state index in [9.17, 15) is 0 Å². The molecule has 0 unspecified atom stereocenters. The molecule has 0 spiro atoms. The van der Waals surface area contributed by atoms with E-state index < -0.39 is 0 Å². The summed E-state index contributed by atoms with van der Waals surface area (Å²) in [4.78, 5) is 0. The molecule has 0 saturated carbocycles. The minimum Gasteiger partial charge on any atom is -0.313 e. The van der Waals surface area contributed by atoms with Crippen molar-refractivity contribution in [3.63, 3.8) is 0 Å². The lowest BCUT2D eigenvalue weighted by atomic mass is 9.99. The SMILES string of the molecule is Cc1ccc(-c2ccc3c(c2)c2c(n3-c3ccc4c(c3)c3ccccc3n4-c3ccc(C)cc3)CCCCC=C2)cc1. The highest BCUT2D eigenvalue weighted by molar-refractivity contribution is 6.10. The Morgan fingerprint density at radius 3 is 2.02 bits per heavy atom. The van der Waals surface area contributed by atoms with Gasteiger partial charge >= 0.3 is 0 Å². The number of hydrogen-bond acceptors (Lipinski definition) is 0. The van der Waals surface area contributed by atoms with Gasteiger partial charge in [0.2, 0.25) is 0 Å². The fraction of sp³-hybridized carbons (Fsp3) is 0.150. The molecule has 8 rings (SSSR count). The van der Waals surface area contributed by atoms with E-state index in [1.54, 1.807) is 0 Å². The fourth-order valence-electron chi connectivity index (χ4n) is 6.85. The summed E-state index contributed by atoms with van der Waals surface area (Å²) in [6.45, 7) is 4.29. The Morgan fingerprint density at radius 1 is 0.524 bits per heavy atom. The zero-order valence-corrected chi connectivity index (χ0v) is 24.3. The van der Waals surface area contributed by atoms with Gasteiger partial charge in [-0.25, -0.2) is 0 Å². The van der Waals surface area contributed by atoms with Crippen molar-refractivity contribution < 1.29 is 0 Å². The number of para-hydroxylation sites is 1. The molecule has 2 aromatic heterocycles. The second kappa shape index (κ2) is 9.92. The zero-order chi connectivity index (χ0) is 28.2. The number of benzene rings is 5. The van der Waals surface area contributed by atoms with Crippen molar-refractivity contribution in [1.82, 2.24) is 9.13 Å². The highest BCUT2D eigenvalue weighted by atomic mass is 15.0. The number of allylic oxidation sites excluding steroid dienone is 1. The molecular weight excluding hydrogens is 508 g/mol. The predicted molar refractivity (Wildman–Crippen MR) is 179 cm³/mol. The molecule has 5 aromatic carbocycles. The van der Waals surface area contributed by atoms with Gasteiger partial charge in [-0.3, -0.25) is 0 Å². The van der Waals surface area contributed by atoms with Gasteiger partial charge in [0.15, 0.2) is 0 Å². The van der Waals surface area contributed by atoms with Crippen LogP contribution in [0.5, 0.6) is 0 Å². The van der Waals surface area contributed by atoms with Gasteiger partial charge in [-0.1, -0.05) is 83.9 Å². The molecule has 0 saturated heterocycles. The van der Waals surface area contributed by atoms with E-state index >= 15 is 0 Å². The number of rotatable bonds is 3. The maximum atomic E-state index is 2.54. The molecule has 1 aliphatic rings. The Balaban J connectivity index is 1.38. The van der Waals surface area contributed by atoms with E-state index in [-0.39, 0.29) is 0 Å². The van der Waals surface area contributed by atoms with E-state index in [4.69, 9.17) is 0 Å². The average Bonchev–Trinajstić information content (AvgIpc) is 3.49. The van der Waals surface area contributed by atoms with Crippen LogP contribution in [0.4, 0.5) is 0 Å². The molecule has 0 N–H and O–H groups in total. The quantitative estimate of drug-likeness (QED) is 0.210. The summed E-state index contributed by atoms with van der Waals surface area (Å²) in [5.74, 6) is 0. The highest BCUT2D eigenvalue weighted by Crippen LogP contribution is 2.38. The third kappa shape index (κ3) is 4.01. The lowest BCUT2D eigenvalue weighted by molar-refractivity contribution is 0.722. The van der Waals surface area contributed by atoms with Crippen molar-refractivity contribution in [1.29, 1.82) is 0 Å². The van der Waals surface area contributed by atoms with Crippen molar-refractivity contribution in [2.24, 2.45) is 0 Å². The van der Waals surface area contributed by atoms with Crippen LogP contribution in [0.25, 0.3) is 61.3 Å². The number of hydrogen-bond donors (Lipinski definition) is 0. The molecule has 204 valence electrons. The van der Waals surface area contributed by atoms with Gasteiger partial charge < -0.3 is 9.13 Å². The molecule has 0 fully saturated rings. The van der Waals surface area contributed by atoms with Gasteiger partial charge in [0.25, 0.3) is 0 Å². The van der Waals surface area contributed by atoms with Gasteiger partial charge in [-0.05, 0) is 99.2 Å². The van der Waals surface area contributed by atoms with Gasteiger partial charge in [-0.2, -0.15) is 0 Å². The van der Waals surface area contributed by atoms with Crippen LogP contribution in [0.1, 0.15) is 41.6 Å². The number of aromatic nitrogens is 2. The summed E-state index contributed by atoms with van der Waals surface area (Å²) in [5, 5.41) is 3.91.